The van der Waals surface area contributed by atoms with Crippen molar-refractivity contribution in [3.05, 3.63) is 66.3 Å². The van der Waals surface area contributed by atoms with E-state index in [9.17, 15) is 5.11 Å². The van der Waals surface area contributed by atoms with E-state index in [2.05, 4.69) is 32.2 Å². The molecule has 2 aliphatic rings. The maximum atomic E-state index is 11.7. The molecule has 29 heavy (non-hydrogen) atoms. The summed E-state index contributed by atoms with van der Waals surface area (Å²) < 4.78 is 5.92. The number of likely N-dealkylation sites (tertiary alicyclic amines) is 1. The largest absolute Gasteiger partial charge is 0.419 e. The Balaban J connectivity index is 1.37. The summed E-state index contributed by atoms with van der Waals surface area (Å²) in [5, 5.41) is 20.2. The van der Waals surface area contributed by atoms with Crippen LogP contribution < -0.4 is 0 Å². The first-order chi connectivity index (χ1) is 14.2. The van der Waals surface area contributed by atoms with Gasteiger partial charge in [-0.15, -0.1) is 10.2 Å². The Bertz CT molecular complexity index is 946. The van der Waals surface area contributed by atoms with Gasteiger partial charge in [0.15, 0.2) is 0 Å². The molecule has 1 aromatic carbocycles. The van der Waals surface area contributed by atoms with Crippen LogP contribution in [0.5, 0.6) is 0 Å². The van der Waals surface area contributed by atoms with Crippen molar-refractivity contribution in [1.29, 1.82) is 0 Å². The van der Waals surface area contributed by atoms with Gasteiger partial charge in [0.05, 0.1) is 17.7 Å². The summed E-state index contributed by atoms with van der Waals surface area (Å²) in [6.07, 6.45) is 8.71. The van der Waals surface area contributed by atoms with Gasteiger partial charge >= 0.3 is 0 Å². The Morgan fingerprint density at radius 2 is 1.93 bits per heavy atom. The lowest BCUT2D eigenvalue weighted by Gasteiger charge is -2.52. The average Bonchev–Trinajstić information content (AvgIpc) is 3.26. The number of benzene rings is 1. The molecule has 1 aliphatic heterocycles. The molecule has 150 valence electrons. The molecule has 5 rings (SSSR count). The molecule has 0 radical (unpaired) electrons. The van der Waals surface area contributed by atoms with Crippen molar-refractivity contribution >= 4 is 0 Å². The highest BCUT2D eigenvalue weighted by Crippen LogP contribution is 2.47. The minimum Gasteiger partial charge on any atom is -0.419 e. The number of nitrogens with zero attached hydrogens (tertiary/aromatic N) is 4. The van der Waals surface area contributed by atoms with Gasteiger partial charge in [0, 0.05) is 30.9 Å². The fourth-order valence-corrected chi connectivity index (χ4v) is 5.15. The minimum atomic E-state index is -0.751. The molecule has 0 amide bonds. The smallest absolute Gasteiger partial charge is 0.249 e. The third-order valence-electron chi connectivity index (χ3n) is 6.58. The van der Waals surface area contributed by atoms with E-state index in [0.29, 0.717) is 24.4 Å². The molecule has 1 saturated carbocycles. The van der Waals surface area contributed by atoms with E-state index in [-0.39, 0.29) is 5.92 Å². The second kappa shape index (κ2) is 7.69. The van der Waals surface area contributed by atoms with Crippen LogP contribution in [0.3, 0.4) is 0 Å². The Kier molecular flexibility index (Phi) is 4.89. The third kappa shape index (κ3) is 3.47. The maximum absolute atomic E-state index is 11.7. The summed E-state index contributed by atoms with van der Waals surface area (Å²) >= 11 is 0. The monoisotopic (exact) mass is 390 g/mol. The van der Waals surface area contributed by atoms with Crippen molar-refractivity contribution in [2.24, 2.45) is 5.92 Å². The molecule has 0 spiro atoms. The van der Waals surface area contributed by atoms with Gasteiger partial charge < -0.3 is 9.52 Å². The summed E-state index contributed by atoms with van der Waals surface area (Å²) in [5.41, 5.74) is 1.13. The van der Waals surface area contributed by atoms with Gasteiger partial charge in [-0.05, 0) is 37.0 Å². The van der Waals surface area contributed by atoms with Crippen molar-refractivity contribution in [1.82, 2.24) is 20.1 Å². The highest BCUT2D eigenvalue weighted by molar-refractivity contribution is 5.49. The van der Waals surface area contributed by atoms with E-state index in [1.807, 2.05) is 30.3 Å². The van der Waals surface area contributed by atoms with E-state index < -0.39 is 5.60 Å². The van der Waals surface area contributed by atoms with Crippen molar-refractivity contribution in [2.75, 3.05) is 6.54 Å². The summed E-state index contributed by atoms with van der Waals surface area (Å²) in [6.45, 7) is 1.44. The number of fused-ring (bicyclic) bond motifs is 1. The molecule has 2 fully saturated rings. The highest BCUT2D eigenvalue weighted by Gasteiger charge is 2.49. The molecule has 0 unspecified atom stereocenters. The first-order valence-electron chi connectivity index (χ1n) is 10.5. The zero-order valence-electron chi connectivity index (χ0n) is 16.4. The molecular formula is C23H26N4O2. The number of pyridine rings is 1. The van der Waals surface area contributed by atoms with Gasteiger partial charge in [0.25, 0.3) is 0 Å². The Morgan fingerprint density at radius 3 is 2.76 bits per heavy atom. The molecular weight excluding hydrogens is 364 g/mol. The van der Waals surface area contributed by atoms with Gasteiger partial charge in [0.2, 0.25) is 11.8 Å². The van der Waals surface area contributed by atoms with Crippen LogP contribution >= 0.6 is 0 Å². The Hall–Kier alpha value is -2.57. The first kappa shape index (κ1) is 18.5. The third-order valence-corrected chi connectivity index (χ3v) is 6.58. The van der Waals surface area contributed by atoms with Gasteiger partial charge in [0.1, 0.15) is 0 Å². The summed E-state index contributed by atoms with van der Waals surface area (Å²) in [4.78, 5) is 6.55. The van der Waals surface area contributed by atoms with Crippen LogP contribution in [-0.2, 0) is 12.1 Å². The van der Waals surface area contributed by atoms with Crippen molar-refractivity contribution in [3.63, 3.8) is 0 Å². The van der Waals surface area contributed by atoms with Crippen LogP contribution in [0.25, 0.3) is 11.5 Å². The number of piperidine rings is 1. The SMILES string of the molecule is O[C@@]1(c2ccccc2)CCN(Cc2nnc(-c3cccnc3)o2)[C@@H]2CCCC[C@@H]21. The van der Waals surface area contributed by atoms with E-state index in [1.54, 1.807) is 12.4 Å². The van der Waals surface area contributed by atoms with Gasteiger partial charge in [-0.3, -0.25) is 9.88 Å². The lowest BCUT2D eigenvalue weighted by atomic mass is 9.66. The number of rotatable bonds is 4. The molecule has 0 bridgehead atoms. The number of aliphatic hydroxyl groups is 1. The van der Waals surface area contributed by atoms with Crippen LogP contribution in [0.15, 0.2) is 59.3 Å². The van der Waals surface area contributed by atoms with Gasteiger partial charge in [-0.2, -0.15) is 0 Å². The van der Waals surface area contributed by atoms with E-state index >= 15 is 0 Å². The van der Waals surface area contributed by atoms with E-state index in [4.69, 9.17) is 4.42 Å². The number of hydrogen-bond donors (Lipinski definition) is 1. The molecule has 2 aromatic heterocycles. The summed E-state index contributed by atoms with van der Waals surface area (Å²) in [6, 6.07) is 14.3. The predicted octanol–water partition coefficient (Wildman–Crippen LogP) is 3.78. The molecule has 1 aliphatic carbocycles. The van der Waals surface area contributed by atoms with Crippen LogP contribution in [0.4, 0.5) is 0 Å². The molecule has 6 heteroatoms. The first-order valence-corrected chi connectivity index (χ1v) is 10.5. The lowest BCUT2D eigenvalue weighted by molar-refractivity contribution is -0.124. The van der Waals surface area contributed by atoms with E-state index in [0.717, 1.165) is 36.9 Å². The van der Waals surface area contributed by atoms with Crippen molar-refractivity contribution in [3.8, 4) is 11.5 Å². The lowest BCUT2D eigenvalue weighted by Crippen LogP contribution is -2.57. The zero-order valence-corrected chi connectivity index (χ0v) is 16.4. The number of aromatic nitrogens is 3. The van der Waals surface area contributed by atoms with Crippen LogP contribution in [0.2, 0.25) is 0 Å². The molecule has 3 heterocycles. The normalized spacial score (nSPS) is 27.5. The fraction of sp³-hybridized carbons (Fsp3) is 0.435. The minimum absolute atomic E-state index is 0.230. The average molecular weight is 390 g/mol. The maximum Gasteiger partial charge on any atom is 0.249 e. The van der Waals surface area contributed by atoms with Crippen LogP contribution in [-0.4, -0.2) is 37.8 Å². The van der Waals surface area contributed by atoms with E-state index in [1.165, 1.54) is 12.8 Å². The zero-order chi connectivity index (χ0) is 19.7. The fourth-order valence-electron chi connectivity index (χ4n) is 5.15. The molecule has 3 aromatic rings. The second-order valence-corrected chi connectivity index (χ2v) is 8.21. The van der Waals surface area contributed by atoms with Crippen LogP contribution in [0, 0.1) is 5.92 Å². The van der Waals surface area contributed by atoms with Gasteiger partial charge in [-0.1, -0.05) is 43.2 Å². The topological polar surface area (TPSA) is 75.3 Å². The summed E-state index contributed by atoms with van der Waals surface area (Å²) in [7, 11) is 0. The molecule has 1 N–H and O–H groups in total. The molecule has 3 atom stereocenters. The highest BCUT2D eigenvalue weighted by atomic mass is 16.4. The predicted molar refractivity (Wildman–Crippen MR) is 109 cm³/mol. The van der Waals surface area contributed by atoms with Crippen molar-refractivity contribution < 1.29 is 9.52 Å². The van der Waals surface area contributed by atoms with Crippen LogP contribution in [0.1, 0.15) is 43.6 Å². The van der Waals surface area contributed by atoms with Gasteiger partial charge in [-0.25, -0.2) is 0 Å². The Labute approximate surface area is 170 Å². The Morgan fingerprint density at radius 1 is 1.07 bits per heavy atom. The standard InChI is InChI=1S/C23H26N4O2/c28-23(18-8-2-1-3-9-18)12-14-27(20-11-5-4-10-19(20)23)16-21-25-26-22(29-21)17-7-6-13-24-15-17/h1-3,6-9,13,15,19-20,28H,4-5,10-12,14,16H2/t19-,20+,23+/m0/s1. The summed E-state index contributed by atoms with van der Waals surface area (Å²) in [5.74, 6) is 1.36. The van der Waals surface area contributed by atoms with Crippen molar-refractivity contribution in [2.45, 2.75) is 50.3 Å². The molecule has 6 nitrogen and oxygen atoms in total. The second-order valence-electron chi connectivity index (χ2n) is 8.21. The number of hydrogen-bond acceptors (Lipinski definition) is 6. The molecule has 1 saturated heterocycles. The quantitative estimate of drug-likeness (QED) is 0.731.